The van der Waals surface area contributed by atoms with Gasteiger partial charge in [-0.15, -0.1) is 11.3 Å². The molecule has 6 nitrogen and oxygen atoms in total. The fraction of sp³-hybridized carbons (Fsp3) is 0.167. The van der Waals surface area contributed by atoms with Gasteiger partial charge in [0, 0.05) is 10.9 Å². The van der Waals surface area contributed by atoms with Gasteiger partial charge in [0.2, 0.25) is 0 Å². The maximum absolute atomic E-state index is 12.1. The van der Waals surface area contributed by atoms with Gasteiger partial charge in [0.25, 0.3) is 5.56 Å². The first-order valence-corrected chi connectivity index (χ1v) is 10.7. The second-order valence-electron chi connectivity index (χ2n) is 7.00. The molecule has 31 heavy (non-hydrogen) atoms. The van der Waals surface area contributed by atoms with E-state index in [0.717, 1.165) is 10.6 Å². The van der Waals surface area contributed by atoms with Crippen LogP contribution in [0, 0.1) is 6.92 Å². The van der Waals surface area contributed by atoms with Gasteiger partial charge in [-0.25, -0.2) is 4.68 Å². The number of aliphatic hydroxyl groups excluding tert-OH is 1. The number of aryl methyl sites for hydroxylation is 1. The normalized spacial score (nSPS) is 11.8. The van der Waals surface area contributed by atoms with Gasteiger partial charge in [0.15, 0.2) is 0 Å². The van der Waals surface area contributed by atoms with Crippen LogP contribution in [-0.4, -0.2) is 27.6 Å². The molecular weight excluding hydrogens is 412 g/mol. The third-order valence-electron chi connectivity index (χ3n) is 4.49. The van der Waals surface area contributed by atoms with Gasteiger partial charge in [0.1, 0.15) is 35.7 Å². The summed E-state index contributed by atoms with van der Waals surface area (Å²) in [5, 5.41) is 14.7. The number of nitrogens with zero attached hydrogens (tertiary/aromatic N) is 2. The monoisotopic (exact) mass is 434 g/mol. The van der Waals surface area contributed by atoms with Crippen LogP contribution in [0.1, 0.15) is 4.88 Å². The smallest absolute Gasteiger partial charge is 0.266 e. The van der Waals surface area contributed by atoms with Crippen molar-refractivity contribution in [2.24, 2.45) is 0 Å². The summed E-state index contributed by atoms with van der Waals surface area (Å²) in [5.41, 5.74) is 0.443. The fourth-order valence-corrected chi connectivity index (χ4v) is 3.79. The van der Waals surface area contributed by atoms with E-state index in [4.69, 9.17) is 9.47 Å². The minimum Gasteiger partial charge on any atom is -0.491 e. The molecule has 0 spiro atoms. The van der Waals surface area contributed by atoms with E-state index >= 15 is 0 Å². The van der Waals surface area contributed by atoms with E-state index in [2.05, 4.69) is 5.10 Å². The predicted molar refractivity (Wildman–Crippen MR) is 121 cm³/mol. The lowest BCUT2D eigenvalue weighted by Gasteiger charge is -2.14. The number of hydrogen-bond acceptors (Lipinski definition) is 6. The number of benzene rings is 2. The van der Waals surface area contributed by atoms with Crippen molar-refractivity contribution >= 4 is 11.3 Å². The molecule has 0 radical (unpaired) electrons. The Morgan fingerprint density at radius 2 is 1.65 bits per heavy atom. The van der Waals surface area contributed by atoms with Crippen molar-refractivity contribution in [1.82, 2.24) is 9.78 Å². The van der Waals surface area contributed by atoms with Crippen molar-refractivity contribution in [3.8, 4) is 27.8 Å². The van der Waals surface area contributed by atoms with Crippen LogP contribution < -0.4 is 15.0 Å². The molecule has 7 heteroatoms. The first-order valence-electron chi connectivity index (χ1n) is 9.85. The Kier molecular flexibility index (Phi) is 6.45. The number of aliphatic hydroxyl groups is 1. The van der Waals surface area contributed by atoms with Gasteiger partial charge in [-0.1, -0.05) is 18.2 Å². The minimum atomic E-state index is -0.884. The molecule has 0 fully saturated rings. The SMILES string of the molecule is Cc1ccc(-c2ccc(=O)n(CC(O)COc3ccc(Oc4ccccc4)cc3)n2)s1. The summed E-state index contributed by atoms with van der Waals surface area (Å²) in [6.07, 6.45) is -0.884. The van der Waals surface area contributed by atoms with E-state index < -0.39 is 6.10 Å². The second-order valence-corrected chi connectivity index (χ2v) is 8.29. The highest BCUT2D eigenvalue weighted by atomic mass is 32.1. The van der Waals surface area contributed by atoms with Gasteiger partial charge in [0.05, 0.1) is 11.4 Å². The third kappa shape index (κ3) is 5.59. The lowest BCUT2D eigenvalue weighted by Crippen LogP contribution is -2.31. The topological polar surface area (TPSA) is 73.6 Å². The van der Waals surface area contributed by atoms with Crippen molar-refractivity contribution in [2.75, 3.05) is 6.61 Å². The molecule has 2 aromatic heterocycles. The second kappa shape index (κ2) is 9.59. The molecule has 0 saturated heterocycles. The van der Waals surface area contributed by atoms with Crippen LogP contribution in [-0.2, 0) is 6.54 Å². The van der Waals surface area contributed by atoms with E-state index in [9.17, 15) is 9.90 Å². The average Bonchev–Trinajstić information content (AvgIpc) is 3.22. The van der Waals surface area contributed by atoms with Crippen LogP contribution in [0.25, 0.3) is 10.6 Å². The molecule has 0 bridgehead atoms. The molecule has 4 aromatic rings. The average molecular weight is 435 g/mol. The molecule has 4 rings (SSSR count). The molecule has 0 saturated carbocycles. The first-order chi connectivity index (χ1) is 15.1. The van der Waals surface area contributed by atoms with Crippen molar-refractivity contribution in [1.29, 1.82) is 0 Å². The summed E-state index contributed by atoms with van der Waals surface area (Å²) in [6, 6.07) is 23.8. The van der Waals surface area contributed by atoms with Gasteiger partial charge in [-0.3, -0.25) is 4.79 Å². The molecule has 0 aliphatic carbocycles. The Morgan fingerprint density at radius 1 is 0.935 bits per heavy atom. The molecule has 1 N–H and O–H groups in total. The van der Waals surface area contributed by atoms with Gasteiger partial charge < -0.3 is 14.6 Å². The summed E-state index contributed by atoms with van der Waals surface area (Å²) in [4.78, 5) is 14.3. The number of rotatable bonds is 8. The highest BCUT2D eigenvalue weighted by molar-refractivity contribution is 7.15. The molecule has 0 amide bonds. The quantitative estimate of drug-likeness (QED) is 0.442. The van der Waals surface area contributed by atoms with E-state index in [1.165, 1.54) is 15.6 Å². The highest BCUT2D eigenvalue weighted by Gasteiger charge is 2.11. The summed E-state index contributed by atoms with van der Waals surface area (Å²) >= 11 is 1.61. The van der Waals surface area contributed by atoms with Crippen molar-refractivity contribution in [2.45, 2.75) is 19.6 Å². The summed E-state index contributed by atoms with van der Waals surface area (Å²) in [5.74, 6) is 2.04. The molecule has 0 aliphatic heterocycles. The fourth-order valence-electron chi connectivity index (χ4n) is 2.96. The molecule has 2 aromatic carbocycles. The maximum atomic E-state index is 12.1. The third-order valence-corrected chi connectivity index (χ3v) is 5.51. The minimum absolute atomic E-state index is 0.0371. The van der Waals surface area contributed by atoms with Crippen molar-refractivity contribution in [3.63, 3.8) is 0 Å². The zero-order valence-electron chi connectivity index (χ0n) is 17.0. The Morgan fingerprint density at radius 3 is 2.35 bits per heavy atom. The highest BCUT2D eigenvalue weighted by Crippen LogP contribution is 2.25. The van der Waals surface area contributed by atoms with E-state index in [1.807, 2.05) is 49.4 Å². The number of aromatic nitrogens is 2. The summed E-state index contributed by atoms with van der Waals surface area (Å²) in [6.45, 7) is 2.10. The molecule has 158 valence electrons. The van der Waals surface area contributed by atoms with Gasteiger partial charge >= 0.3 is 0 Å². The molecule has 0 aliphatic rings. The molecule has 1 atom stereocenters. The zero-order chi connectivity index (χ0) is 21.6. The zero-order valence-corrected chi connectivity index (χ0v) is 17.8. The lowest BCUT2D eigenvalue weighted by molar-refractivity contribution is 0.0880. The van der Waals surface area contributed by atoms with Gasteiger partial charge in [-0.2, -0.15) is 5.10 Å². The van der Waals surface area contributed by atoms with Crippen molar-refractivity contribution < 1.29 is 14.6 Å². The maximum Gasteiger partial charge on any atom is 0.266 e. The van der Waals surface area contributed by atoms with Crippen LogP contribution in [0.2, 0.25) is 0 Å². The number of hydrogen-bond donors (Lipinski definition) is 1. The van der Waals surface area contributed by atoms with E-state index in [-0.39, 0.29) is 18.7 Å². The predicted octanol–water partition coefficient (Wildman–Crippen LogP) is 4.51. The first kappa shape index (κ1) is 20.8. The van der Waals surface area contributed by atoms with Crippen LogP contribution in [0.3, 0.4) is 0 Å². The van der Waals surface area contributed by atoms with Crippen LogP contribution >= 0.6 is 11.3 Å². The summed E-state index contributed by atoms with van der Waals surface area (Å²) < 4.78 is 12.7. The Balaban J connectivity index is 1.34. The standard InChI is InChI=1S/C24H22N2O4S/c1-17-7-13-23(31-17)22-12-14-24(28)26(25-22)15-18(27)16-29-19-8-10-21(11-9-19)30-20-5-3-2-4-6-20/h2-14,18,27H,15-16H2,1H3. The van der Waals surface area contributed by atoms with E-state index in [0.29, 0.717) is 17.2 Å². The lowest BCUT2D eigenvalue weighted by atomic mass is 10.3. The molecule has 2 heterocycles. The Bertz CT molecular complexity index is 1190. The molecule has 1 unspecified atom stereocenters. The van der Waals surface area contributed by atoms with Crippen LogP contribution in [0.4, 0.5) is 0 Å². The number of para-hydroxylation sites is 1. The largest absolute Gasteiger partial charge is 0.491 e. The summed E-state index contributed by atoms with van der Waals surface area (Å²) in [7, 11) is 0. The Labute approximate surface area is 184 Å². The Hall–Kier alpha value is -3.42. The van der Waals surface area contributed by atoms with E-state index in [1.54, 1.807) is 41.7 Å². The van der Waals surface area contributed by atoms with Crippen LogP contribution in [0.5, 0.6) is 17.2 Å². The van der Waals surface area contributed by atoms with Gasteiger partial charge in [-0.05, 0) is 61.5 Å². The van der Waals surface area contributed by atoms with Crippen molar-refractivity contribution in [3.05, 3.63) is 94.1 Å². The number of thiophene rings is 1. The molecular formula is C24H22N2O4S. The number of ether oxygens (including phenoxy) is 2. The van der Waals surface area contributed by atoms with Crippen LogP contribution in [0.15, 0.2) is 83.7 Å².